The van der Waals surface area contributed by atoms with Crippen molar-refractivity contribution < 1.29 is 0 Å². The summed E-state index contributed by atoms with van der Waals surface area (Å²) in [5.74, 6) is 0. The van der Waals surface area contributed by atoms with Gasteiger partial charge in [-0.2, -0.15) is 0 Å². The molecule has 0 bridgehead atoms. The Kier molecular flexibility index (Phi) is 3.20. The van der Waals surface area contributed by atoms with Gasteiger partial charge in [-0.1, -0.05) is 20.8 Å². The molecule has 0 aromatic carbocycles. The molecule has 0 aliphatic rings. The fraction of sp³-hybridized carbons (Fsp3) is 0.500. The largest absolute Gasteiger partial charge is 0.346 e. The maximum Gasteiger partial charge on any atom is 0.137 e. The smallest absolute Gasteiger partial charge is 0.137 e. The molecule has 3 heteroatoms. The van der Waals surface area contributed by atoms with Crippen LogP contribution in [0, 0.1) is 5.41 Å². The summed E-state index contributed by atoms with van der Waals surface area (Å²) in [5.41, 5.74) is 2.53. The number of aromatic amines is 1. The number of hydrogen-bond acceptors (Lipinski definition) is 2. The van der Waals surface area contributed by atoms with Crippen LogP contribution in [0.2, 0.25) is 0 Å². The average molecular weight is 231 g/mol. The Balaban J connectivity index is 2.09. The van der Waals surface area contributed by atoms with Gasteiger partial charge in [-0.3, -0.25) is 0 Å². The van der Waals surface area contributed by atoms with Crippen LogP contribution in [-0.2, 0) is 6.54 Å². The highest BCUT2D eigenvalue weighted by molar-refractivity contribution is 5.79. The molecule has 2 aromatic rings. The zero-order chi connectivity index (χ0) is 12.5. The number of H-pyrrole nitrogens is 1. The first-order valence-electron chi connectivity index (χ1n) is 6.13. The van der Waals surface area contributed by atoms with Gasteiger partial charge in [0.2, 0.25) is 0 Å². The van der Waals surface area contributed by atoms with Crippen LogP contribution in [0.3, 0.4) is 0 Å². The van der Waals surface area contributed by atoms with Crippen LogP contribution in [0.15, 0.2) is 24.5 Å². The minimum Gasteiger partial charge on any atom is -0.346 e. The van der Waals surface area contributed by atoms with E-state index in [0.717, 1.165) is 12.2 Å². The first-order chi connectivity index (χ1) is 7.98. The van der Waals surface area contributed by atoms with Gasteiger partial charge < -0.3 is 10.3 Å². The third-order valence-corrected chi connectivity index (χ3v) is 3.43. The van der Waals surface area contributed by atoms with Gasteiger partial charge in [0.15, 0.2) is 0 Å². The normalized spacial score (nSPS) is 14.1. The molecule has 92 valence electrons. The summed E-state index contributed by atoms with van der Waals surface area (Å²) in [6.45, 7) is 9.86. The lowest BCUT2D eigenvalue weighted by Crippen LogP contribution is -2.37. The van der Waals surface area contributed by atoms with Gasteiger partial charge in [0, 0.05) is 30.4 Å². The summed E-state index contributed by atoms with van der Waals surface area (Å²) in [6.07, 6.45) is 3.86. The van der Waals surface area contributed by atoms with E-state index in [2.05, 4.69) is 49.0 Å². The second kappa shape index (κ2) is 4.49. The molecule has 0 aliphatic carbocycles. The standard InChI is InChI=1S/C14H21N3/c1-10(14(2,3)4)16-8-11-9-17-13-12(11)6-5-7-15-13/h5-7,9-10,16H,8H2,1-4H3,(H,15,17). The predicted octanol–water partition coefficient (Wildman–Crippen LogP) is 3.09. The first-order valence-corrected chi connectivity index (χ1v) is 6.13. The molecule has 17 heavy (non-hydrogen) atoms. The highest BCUT2D eigenvalue weighted by atomic mass is 14.9. The Bertz CT molecular complexity index is 493. The van der Waals surface area contributed by atoms with Gasteiger partial charge in [-0.15, -0.1) is 0 Å². The summed E-state index contributed by atoms with van der Waals surface area (Å²) in [5, 5.41) is 4.78. The van der Waals surface area contributed by atoms with Crippen molar-refractivity contribution >= 4 is 11.0 Å². The van der Waals surface area contributed by atoms with E-state index in [1.54, 1.807) is 0 Å². The Morgan fingerprint density at radius 3 is 2.88 bits per heavy atom. The van der Waals surface area contributed by atoms with Gasteiger partial charge in [0.25, 0.3) is 0 Å². The lowest BCUT2D eigenvalue weighted by molar-refractivity contribution is 0.285. The minimum absolute atomic E-state index is 0.282. The van der Waals surface area contributed by atoms with Gasteiger partial charge in [-0.05, 0) is 30.0 Å². The van der Waals surface area contributed by atoms with Gasteiger partial charge >= 0.3 is 0 Å². The highest BCUT2D eigenvalue weighted by Crippen LogP contribution is 2.20. The van der Waals surface area contributed by atoms with Crippen molar-refractivity contribution in [2.24, 2.45) is 5.41 Å². The summed E-state index contributed by atoms with van der Waals surface area (Å²) < 4.78 is 0. The summed E-state index contributed by atoms with van der Waals surface area (Å²) in [6, 6.07) is 4.56. The Hall–Kier alpha value is -1.35. The fourth-order valence-electron chi connectivity index (χ4n) is 1.73. The number of nitrogens with zero attached hydrogens (tertiary/aromatic N) is 1. The van der Waals surface area contributed by atoms with Crippen molar-refractivity contribution in [1.29, 1.82) is 0 Å². The van der Waals surface area contributed by atoms with E-state index < -0.39 is 0 Å². The van der Waals surface area contributed by atoms with Crippen LogP contribution in [0.4, 0.5) is 0 Å². The van der Waals surface area contributed by atoms with E-state index in [1.165, 1.54) is 10.9 Å². The highest BCUT2D eigenvalue weighted by Gasteiger charge is 2.19. The molecule has 1 unspecified atom stereocenters. The lowest BCUT2D eigenvalue weighted by Gasteiger charge is -2.28. The van der Waals surface area contributed by atoms with E-state index in [1.807, 2.05) is 18.5 Å². The van der Waals surface area contributed by atoms with Crippen molar-refractivity contribution in [3.8, 4) is 0 Å². The lowest BCUT2D eigenvalue weighted by atomic mass is 9.88. The van der Waals surface area contributed by atoms with Gasteiger partial charge in [0.05, 0.1) is 0 Å². The molecular weight excluding hydrogens is 210 g/mol. The van der Waals surface area contributed by atoms with Crippen LogP contribution in [-0.4, -0.2) is 16.0 Å². The second-order valence-corrected chi connectivity index (χ2v) is 5.68. The van der Waals surface area contributed by atoms with Gasteiger partial charge in [-0.25, -0.2) is 4.98 Å². The number of hydrogen-bond donors (Lipinski definition) is 2. The van der Waals surface area contributed by atoms with Crippen LogP contribution in [0.5, 0.6) is 0 Å². The number of pyridine rings is 1. The number of nitrogens with one attached hydrogen (secondary N) is 2. The molecule has 0 aliphatic heterocycles. The number of fused-ring (bicyclic) bond motifs is 1. The van der Waals surface area contributed by atoms with E-state index in [4.69, 9.17) is 0 Å². The Morgan fingerprint density at radius 2 is 2.18 bits per heavy atom. The molecule has 2 heterocycles. The third-order valence-electron chi connectivity index (χ3n) is 3.43. The van der Waals surface area contributed by atoms with E-state index in [-0.39, 0.29) is 5.41 Å². The molecule has 1 atom stereocenters. The van der Waals surface area contributed by atoms with E-state index in [0.29, 0.717) is 6.04 Å². The predicted molar refractivity (Wildman–Crippen MR) is 71.9 cm³/mol. The first kappa shape index (κ1) is 12.1. The summed E-state index contributed by atoms with van der Waals surface area (Å²) in [4.78, 5) is 7.49. The monoisotopic (exact) mass is 231 g/mol. The molecule has 0 radical (unpaired) electrons. The maximum absolute atomic E-state index is 4.29. The molecule has 0 saturated heterocycles. The molecule has 2 rings (SSSR count). The summed E-state index contributed by atoms with van der Waals surface area (Å²) >= 11 is 0. The zero-order valence-electron chi connectivity index (χ0n) is 11.0. The van der Waals surface area contributed by atoms with E-state index in [9.17, 15) is 0 Å². The van der Waals surface area contributed by atoms with E-state index >= 15 is 0 Å². The van der Waals surface area contributed by atoms with Crippen molar-refractivity contribution in [3.63, 3.8) is 0 Å². The molecule has 0 fully saturated rings. The van der Waals surface area contributed by atoms with Crippen LogP contribution in [0.1, 0.15) is 33.3 Å². The fourth-order valence-corrected chi connectivity index (χ4v) is 1.73. The summed E-state index contributed by atoms with van der Waals surface area (Å²) in [7, 11) is 0. The van der Waals surface area contributed by atoms with Crippen LogP contribution in [0.25, 0.3) is 11.0 Å². The number of rotatable bonds is 3. The van der Waals surface area contributed by atoms with Crippen LogP contribution < -0.4 is 5.32 Å². The second-order valence-electron chi connectivity index (χ2n) is 5.68. The SMILES string of the molecule is CC(NCc1c[nH]c2ncccc12)C(C)(C)C. The van der Waals surface area contributed by atoms with Crippen molar-refractivity contribution in [1.82, 2.24) is 15.3 Å². The van der Waals surface area contributed by atoms with Crippen LogP contribution >= 0.6 is 0 Å². The zero-order valence-corrected chi connectivity index (χ0v) is 11.0. The quantitative estimate of drug-likeness (QED) is 0.852. The molecule has 0 spiro atoms. The van der Waals surface area contributed by atoms with Crippen molar-refractivity contribution in [2.75, 3.05) is 0 Å². The molecule has 0 saturated carbocycles. The third kappa shape index (κ3) is 2.67. The van der Waals surface area contributed by atoms with Gasteiger partial charge in [0.1, 0.15) is 5.65 Å². The Labute approximate surface area is 103 Å². The van der Waals surface area contributed by atoms with Crippen molar-refractivity contribution in [2.45, 2.75) is 40.3 Å². The molecule has 0 amide bonds. The Morgan fingerprint density at radius 1 is 1.41 bits per heavy atom. The topological polar surface area (TPSA) is 40.7 Å². The molecule has 2 aromatic heterocycles. The molecule has 3 nitrogen and oxygen atoms in total. The average Bonchev–Trinajstić information content (AvgIpc) is 2.68. The van der Waals surface area contributed by atoms with Crippen molar-refractivity contribution in [3.05, 3.63) is 30.1 Å². The molecule has 2 N–H and O–H groups in total. The number of aromatic nitrogens is 2. The maximum atomic E-state index is 4.29. The molecular formula is C14H21N3. The minimum atomic E-state index is 0.282.